The minimum absolute atomic E-state index is 0.127. The molecule has 200 valence electrons. The van der Waals surface area contributed by atoms with Crippen LogP contribution >= 0.6 is 11.6 Å². The number of benzene rings is 2. The number of allylic oxidation sites excluding steroid dienone is 2. The van der Waals surface area contributed by atoms with Crippen molar-refractivity contribution in [1.82, 2.24) is 14.9 Å². The number of carbonyl (C=O) groups excluding carboxylic acids is 1. The van der Waals surface area contributed by atoms with Crippen molar-refractivity contribution in [3.63, 3.8) is 0 Å². The fourth-order valence-electron chi connectivity index (χ4n) is 4.89. The third-order valence-corrected chi connectivity index (χ3v) is 7.53. The summed E-state index contributed by atoms with van der Waals surface area (Å²) in [5, 5.41) is 1.71. The predicted octanol–water partition coefficient (Wildman–Crippen LogP) is 7.92. The zero-order valence-corrected chi connectivity index (χ0v) is 23.1. The molecule has 5 nitrogen and oxygen atoms in total. The first-order chi connectivity index (χ1) is 19.2. The van der Waals surface area contributed by atoms with Crippen LogP contribution in [-0.4, -0.2) is 40.5 Å². The summed E-state index contributed by atoms with van der Waals surface area (Å²) in [7, 11) is 0. The zero-order valence-electron chi connectivity index (χ0n) is 22.3. The van der Waals surface area contributed by atoms with Gasteiger partial charge in [-0.3, -0.25) is 4.79 Å². The molecule has 3 heterocycles. The normalized spacial score (nSPS) is 13.9. The molecule has 2 aromatic heterocycles. The van der Waals surface area contributed by atoms with Crippen molar-refractivity contribution in [3.8, 4) is 5.88 Å². The van der Waals surface area contributed by atoms with Crippen molar-refractivity contribution in [2.24, 2.45) is 0 Å². The number of hydrogen-bond donors (Lipinski definition) is 1. The molecule has 39 heavy (non-hydrogen) atoms. The number of fused-ring (bicyclic) bond motifs is 1. The van der Waals surface area contributed by atoms with Gasteiger partial charge in [0.25, 0.3) is 0 Å². The van der Waals surface area contributed by atoms with Crippen LogP contribution in [0.4, 0.5) is 0 Å². The van der Waals surface area contributed by atoms with Crippen LogP contribution in [0.2, 0.25) is 5.02 Å². The number of para-hydroxylation sites is 1. The molecule has 5 rings (SSSR count). The number of nitrogens with zero attached hydrogens (tertiary/aromatic N) is 2. The Morgan fingerprint density at radius 1 is 1.03 bits per heavy atom. The van der Waals surface area contributed by atoms with E-state index in [2.05, 4.69) is 47.2 Å². The Bertz CT molecular complexity index is 1470. The van der Waals surface area contributed by atoms with Gasteiger partial charge in [-0.2, -0.15) is 0 Å². The molecule has 0 atom stereocenters. The van der Waals surface area contributed by atoms with Gasteiger partial charge in [-0.1, -0.05) is 73.1 Å². The van der Waals surface area contributed by atoms with Crippen molar-refractivity contribution in [3.05, 3.63) is 107 Å². The van der Waals surface area contributed by atoms with E-state index in [1.165, 1.54) is 5.57 Å². The predicted molar refractivity (Wildman–Crippen MR) is 160 cm³/mol. The van der Waals surface area contributed by atoms with Crippen LogP contribution in [0.15, 0.2) is 85.1 Å². The van der Waals surface area contributed by atoms with E-state index in [-0.39, 0.29) is 5.91 Å². The highest BCUT2D eigenvalue weighted by molar-refractivity contribution is 6.38. The molecule has 1 aliphatic heterocycles. The molecule has 1 amide bonds. The van der Waals surface area contributed by atoms with Gasteiger partial charge >= 0.3 is 0 Å². The second-order valence-electron chi connectivity index (χ2n) is 9.74. The van der Waals surface area contributed by atoms with Gasteiger partial charge in [-0.25, -0.2) is 4.98 Å². The minimum Gasteiger partial charge on any atom is -0.478 e. The Kier molecular flexibility index (Phi) is 8.79. The monoisotopic (exact) mass is 539 g/mol. The first-order valence-electron chi connectivity index (χ1n) is 13.8. The fraction of sp³-hybridized carbons (Fsp3) is 0.273. The highest BCUT2D eigenvalue weighted by atomic mass is 35.5. The molecule has 0 saturated carbocycles. The van der Waals surface area contributed by atoms with Gasteiger partial charge in [0.2, 0.25) is 11.8 Å². The quantitative estimate of drug-likeness (QED) is 0.155. The highest BCUT2D eigenvalue weighted by Gasteiger charge is 2.20. The summed E-state index contributed by atoms with van der Waals surface area (Å²) < 4.78 is 5.92. The van der Waals surface area contributed by atoms with Crippen LogP contribution in [0.5, 0.6) is 5.88 Å². The van der Waals surface area contributed by atoms with Crippen LogP contribution in [0, 0.1) is 0 Å². The smallest absolute Gasteiger partial charge is 0.246 e. The number of unbranched alkanes of at least 4 members (excludes halogenated alkanes) is 2. The lowest BCUT2D eigenvalue weighted by Gasteiger charge is -2.29. The molecule has 0 radical (unpaired) electrons. The molecule has 1 fully saturated rings. The number of aromatic amines is 1. The molecule has 1 aliphatic rings. The van der Waals surface area contributed by atoms with Gasteiger partial charge in [-0.05, 0) is 61.4 Å². The first-order valence-corrected chi connectivity index (χ1v) is 14.1. The van der Waals surface area contributed by atoms with Gasteiger partial charge < -0.3 is 14.6 Å². The van der Waals surface area contributed by atoms with Crippen molar-refractivity contribution < 1.29 is 9.53 Å². The van der Waals surface area contributed by atoms with Crippen LogP contribution in [0.25, 0.3) is 22.0 Å². The summed E-state index contributed by atoms with van der Waals surface area (Å²) >= 11 is 6.95. The number of likely N-dealkylation sites (tertiary alicyclic amines) is 1. The molecular formula is C33H34ClN3O2. The average molecular weight is 540 g/mol. The summed E-state index contributed by atoms with van der Waals surface area (Å²) in [5.41, 5.74) is 6.28. The standard InChI is InChI=1S/C33H34ClN3O2/c1-2-26(24-13-6-5-7-14-24)31(33-32(34)27-15-9-10-16-28(27)36-33)25-18-19-29(35-23-25)39-22-11-4-3-8-17-30(38)37-20-12-21-37/h5-10,13-19,23,36H,2-4,11-12,20-22H2,1H3/b17-8+,31-26+. The van der Waals surface area contributed by atoms with E-state index in [4.69, 9.17) is 16.3 Å². The molecule has 0 aliphatic carbocycles. The van der Waals surface area contributed by atoms with Crippen LogP contribution in [0.3, 0.4) is 0 Å². The number of hydrogen-bond acceptors (Lipinski definition) is 3. The van der Waals surface area contributed by atoms with E-state index < -0.39 is 0 Å². The summed E-state index contributed by atoms with van der Waals surface area (Å²) in [5.74, 6) is 0.726. The Balaban J connectivity index is 1.30. The molecule has 6 heteroatoms. The summed E-state index contributed by atoms with van der Waals surface area (Å²) in [6, 6.07) is 22.5. The number of pyridine rings is 1. The van der Waals surface area contributed by atoms with Crippen molar-refractivity contribution in [2.75, 3.05) is 19.7 Å². The summed E-state index contributed by atoms with van der Waals surface area (Å²) in [6.45, 7) is 4.53. The topological polar surface area (TPSA) is 58.2 Å². The maximum atomic E-state index is 11.9. The number of H-pyrrole nitrogens is 1. The average Bonchev–Trinajstić information content (AvgIpc) is 3.27. The number of amides is 1. The Morgan fingerprint density at radius 3 is 2.51 bits per heavy atom. The lowest BCUT2D eigenvalue weighted by molar-refractivity contribution is -0.129. The Labute approximate surface area is 235 Å². The number of nitrogens with one attached hydrogen (secondary N) is 1. The van der Waals surface area contributed by atoms with E-state index in [1.54, 1.807) is 6.08 Å². The SMILES string of the molecule is CC/C(=C(/c1ccc(OCCCC/C=C/C(=O)N2CCC2)nc1)c1[nH]c2ccccc2c1Cl)c1ccccc1. The largest absolute Gasteiger partial charge is 0.478 e. The van der Waals surface area contributed by atoms with Crippen LogP contribution < -0.4 is 4.74 Å². The van der Waals surface area contributed by atoms with Gasteiger partial charge in [-0.15, -0.1) is 0 Å². The highest BCUT2D eigenvalue weighted by Crippen LogP contribution is 2.40. The summed E-state index contributed by atoms with van der Waals surface area (Å²) in [6.07, 6.45) is 10.2. The van der Waals surface area contributed by atoms with Gasteiger partial charge in [0.15, 0.2) is 0 Å². The van der Waals surface area contributed by atoms with E-state index >= 15 is 0 Å². The second-order valence-corrected chi connectivity index (χ2v) is 10.1. The number of aromatic nitrogens is 2. The first kappa shape index (κ1) is 26.8. The zero-order chi connectivity index (χ0) is 27.0. The molecule has 0 spiro atoms. The molecule has 0 bridgehead atoms. The lowest BCUT2D eigenvalue weighted by atomic mass is 9.91. The van der Waals surface area contributed by atoms with Gasteiger partial charge in [0.1, 0.15) is 0 Å². The Morgan fingerprint density at radius 2 is 1.82 bits per heavy atom. The van der Waals surface area contributed by atoms with Crippen LogP contribution in [0.1, 0.15) is 55.8 Å². The molecule has 2 aromatic carbocycles. The fourth-order valence-corrected chi connectivity index (χ4v) is 5.20. The third kappa shape index (κ3) is 6.26. The number of halogens is 1. The van der Waals surface area contributed by atoms with Crippen molar-refractivity contribution in [1.29, 1.82) is 0 Å². The molecular weight excluding hydrogens is 506 g/mol. The second kappa shape index (κ2) is 12.8. The molecule has 1 saturated heterocycles. The van der Waals surface area contributed by atoms with Crippen molar-refractivity contribution in [2.45, 2.75) is 39.0 Å². The molecule has 0 unspecified atom stereocenters. The molecule has 1 N–H and O–H groups in total. The maximum Gasteiger partial charge on any atom is 0.246 e. The van der Waals surface area contributed by atoms with Gasteiger partial charge in [0.05, 0.1) is 17.3 Å². The van der Waals surface area contributed by atoms with E-state index in [9.17, 15) is 4.79 Å². The van der Waals surface area contributed by atoms with E-state index in [0.29, 0.717) is 17.5 Å². The summed E-state index contributed by atoms with van der Waals surface area (Å²) in [4.78, 5) is 21.9. The third-order valence-electron chi connectivity index (χ3n) is 7.14. The van der Waals surface area contributed by atoms with Gasteiger partial charge in [0, 0.05) is 47.4 Å². The maximum absolute atomic E-state index is 11.9. The molecule has 4 aromatic rings. The van der Waals surface area contributed by atoms with Crippen molar-refractivity contribution >= 4 is 39.6 Å². The lowest BCUT2D eigenvalue weighted by Crippen LogP contribution is -2.41. The van der Waals surface area contributed by atoms with Crippen LogP contribution in [-0.2, 0) is 4.79 Å². The van der Waals surface area contributed by atoms with E-state index in [1.807, 2.05) is 53.6 Å². The minimum atomic E-state index is 0.127. The number of carbonyl (C=O) groups is 1. The Hall–Kier alpha value is -3.83. The number of ether oxygens (including phenoxy) is 1. The van der Waals surface area contributed by atoms with E-state index in [0.717, 1.165) is 78.5 Å². The number of rotatable bonds is 11.